The fraction of sp³-hybridized carbons (Fsp3) is 0.733. The summed E-state index contributed by atoms with van der Waals surface area (Å²) in [5.41, 5.74) is 1.69. The van der Waals surface area contributed by atoms with Crippen LogP contribution in [0.15, 0.2) is 17.3 Å². The Morgan fingerprint density at radius 3 is 2.61 bits per heavy atom. The number of esters is 1. The second-order valence-corrected chi connectivity index (χ2v) is 6.43. The first-order chi connectivity index (χ1) is 8.27. The highest BCUT2D eigenvalue weighted by atomic mass is 16.5. The number of rotatable bonds is 3. The Labute approximate surface area is 109 Å². The van der Waals surface area contributed by atoms with Crippen molar-refractivity contribution in [2.24, 2.45) is 21.7 Å². The molecule has 3 nitrogen and oxygen atoms in total. The summed E-state index contributed by atoms with van der Waals surface area (Å²) in [5.74, 6) is 0.845. The quantitative estimate of drug-likeness (QED) is 0.568. The first-order valence-electron chi connectivity index (χ1n) is 6.67. The van der Waals surface area contributed by atoms with Crippen LogP contribution in [0.3, 0.4) is 0 Å². The molecule has 18 heavy (non-hydrogen) atoms. The van der Waals surface area contributed by atoms with Crippen molar-refractivity contribution in [3.8, 4) is 0 Å². The van der Waals surface area contributed by atoms with Crippen molar-refractivity contribution >= 4 is 11.7 Å². The number of aliphatic imine (C=N–C) groups is 1. The highest BCUT2D eigenvalue weighted by Gasteiger charge is 2.59. The van der Waals surface area contributed by atoms with Crippen LogP contribution in [-0.4, -0.2) is 18.2 Å². The monoisotopic (exact) mass is 249 g/mol. The molecule has 0 saturated heterocycles. The van der Waals surface area contributed by atoms with E-state index in [2.05, 4.69) is 32.3 Å². The standard InChI is InChI=1S/C15H23NO2/c1-10(2)18-13(17)9-16-12-8-11-6-7-15(12,5)14(11,3)4/h11H,1,6-9H2,2-5H3/b16-12-. The molecule has 2 aliphatic rings. The predicted molar refractivity (Wildman–Crippen MR) is 72.4 cm³/mol. The van der Waals surface area contributed by atoms with E-state index in [-0.39, 0.29) is 17.9 Å². The van der Waals surface area contributed by atoms with Gasteiger partial charge >= 0.3 is 5.97 Å². The summed E-state index contributed by atoms with van der Waals surface area (Å²) in [6.45, 7) is 12.3. The number of allylic oxidation sites excluding steroid dienone is 1. The van der Waals surface area contributed by atoms with Gasteiger partial charge in [-0.2, -0.15) is 0 Å². The molecule has 0 amide bonds. The number of hydrogen-bond acceptors (Lipinski definition) is 3. The average Bonchev–Trinajstić information content (AvgIpc) is 2.57. The topological polar surface area (TPSA) is 38.7 Å². The zero-order chi connectivity index (χ0) is 13.6. The minimum absolute atomic E-state index is 0.126. The van der Waals surface area contributed by atoms with E-state index in [1.807, 2.05) is 0 Å². The smallest absolute Gasteiger partial charge is 0.332 e. The fourth-order valence-corrected chi connectivity index (χ4v) is 3.55. The minimum atomic E-state index is -0.306. The molecular formula is C15H23NO2. The summed E-state index contributed by atoms with van der Waals surface area (Å²) in [4.78, 5) is 16.0. The molecule has 100 valence electrons. The summed E-state index contributed by atoms with van der Waals surface area (Å²) >= 11 is 0. The van der Waals surface area contributed by atoms with Crippen molar-refractivity contribution < 1.29 is 9.53 Å². The minimum Gasteiger partial charge on any atom is -0.431 e. The van der Waals surface area contributed by atoms with Gasteiger partial charge in [0.2, 0.25) is 0 Å². The highest BCUT2D eigenvalue weighted by Crippen LogP contribution is 2.63. The first kappa shape index (κ1) is 13.3. The summed E-state index contributed by atoms with van der Waals surface area (Å²) in [7, 11) is 0. The molecule has 0 radical (unpaired) electrons. The Morgan fingerprint density at radius 2 is 2.17 bits per heavy atom. The van der Waals surface area contributed by atoms with Gasteiger partial charge in [0.05, 0.1) is 5.76 Å². The lowest BCUT2D eigenvalue weighted by molar-refractivity contribution is -0.137. The molecule has 2 aliphatic carbocycles. The van der Waals surface area contributed by atoms with Crippen molar-refractivity contribution in [1.82, 2.24) is 0 Å². The van der Waals surface area contributed by atoms with E-state index in [0.717, 1.165) is 12.3 Å². The third kappa shape index (κ3) is 1.90. The van der Waals surface area contributed by atoms with Crippen molar-refractivity contribution in [2.45, 2.75) is 47.0 Å². The van der Waals surface area contributed by atoms with Crippen LogP contribution in [0.2, 0.25) is 0 Å². The Kier molecular flexibility index (Phi) is 3.12. The molecule has 2 unspecified atom stereocenters. The van der Waals surface area contributed by atoms with E-state index in [1.54, 1.807) is 6.92 Å². The van der Waals surface area contributed by atoms with E-state index in [9.17, 15) is 4.79 Å². The van der Waals surface area contributed by atoms with Gasteiger partial charge in [-0.15, -0.1) is 0 Å². The van der Waals surface area contributed by atoms with E-state index in [1.165, 1.54) is 18.6 Å². The van der Waals surface area contributed by atoms with Gasteiger partial charge in [0.15, 0.2) is 0 Å². The maximum Gasteiger partial charge on any atom is 0.332 e. The van der Waals surface area contributed by atoms with Gasteiger partial charge in [-0.3, -0.25) is 4.99 Å². The van der Waals surface area contributed by atoms with Crippen LogP contribution in [-0.2, 0) is 9.53 Å². The van der Waals surface area contributed by atoms with Crippen LogP contribution in [0.5, 0.6) is 0 Å². The summed E-state index contributed by atoms with van der Waals surface area (Å²) in [5, 5.41) is 0. The molecular weight excluding hydrogens is 226 g/mol. The second-order valence-electron chi connectivity index (χ2n) is 6.43. The maximum absolute atomic E-state index is 11.5. The van der Waals surface area contributed by atoms with Gasteiger partial charge < -0.3 is 4.74 Å². The largest absolute Gasteiger partial charge is 0.431 e. The SMILES string of the molecule is C=C(C)OC(=O)C/N=C1/CC2CCC1(C)C2(C)C. The van der Waals surface area contributed by atoms with Crippen molar-refractivity contribution in [2.75, 3.05) is 6.54 Å². The molecule has 2 saturated carbocycles. The van der Waals surface area contributed by atoms with Gasteiger partial charge in [0.25, 0.3) is 0 Å². The lowest BCUT2D eigenvalue weighted by atomic mass is 9.70. The molecule has 3 heteroatoms. The highest BCUT2D eigenvalue weighted by molar-refractivity contribution is 5.95. The molecule has 0 aliphatic heterocycles. The van der Waals surface area contributed by atoms with Crippen LogP contribution >= 0.6 is 0 Å². The molecule has 0 spiro atoms. The Balaban J connectivity index is 2.08. The van der Waals surface area contributed by atoms with Gasteiger partial charge in [-0.1, -0.05) is 27.4 Å². The molecule has 0 aromatic carbocycles. The third-order valence-corrected chi connectivity index (χ3v) is 5.20. The summed E-state index contributed by atoms with van der Waals surface area (Å²) in [6, 6.07) is 0. The van der Waals surface area contributed by atoms with Crippen LogP contribution < -0.4 is 0 Å². The molecule has 2 atom stereocenters. The van der Waals surface area contributed by atoms with Crippen LogP contribution in [0.25, 0.3) is 0 Å². The number of fused-ring (bicyclic) bond motifs is 2. The number of ether oxygens (including phenoxy) is 1. The van der Waals surface area contributed by atoms with Gasteiger partial charge in [-0.05, 0) is 37.5 Å². The zero-order valence-corrected chi connectivity index (χ0v) is 11.9. The zero-order valence-electron chi connectivity index (χ0n) is 11.9. The van der Waals surface area contributed by atoms with E-state index in [4.69, 9.17) is 4.74 Å². The normalized spacial score (nSPS) is 34.9. The van der Waals surface area contributed by atoms with E-state index in [0.29, 0.717) is 11.2 Å². The number of nitrogens with zero attached hydrogens (tertiary/aromatic N) is 1. The van der Waals surface area contributed by atoms with Gasteiger partial charge in [-0.25, -0.2) is 4.79 Å². The van der Waals surface area contributed by atoms with E-state index < -0.39 is 0 Å². The summed E-state index contributed by atoms with van der Waals surface area (Å²) < 4.78 is 4.93. The third-order valence-electron chi connectivity index (χ3n) is 5.20. The maximum atomic E-state index is 11.5. The average molecular weight is 249 g/mol. The van der Waals surface area contributed by atoms with Crippen LogP contribution in [0.4, 0.5) is 0 Å². The number of carbonyl (C=O) groups excluding carboxylic acids is 1. The Bertz CT molecular complexity index is 422. The van der Waals surface area contributed by atoms with Crippen LogP contribution in [0.1, 0.15) is 47.0 Å². The van der Waals surface area contributed by atoms with Crippen molar-refractivity contribution in [1.29, 1.82) is 0 Å². The van der Waals surface area contributed by atoms with Crippen molar-refractivity contribution in [3.05, 3.63) is 12.3 Å². The molecule has 0 N–H and O–H groups in total. The molecule has 0 heterocycles. The number of hydrogen-bond donors (Lipinski definition) is 0. The Morgan fingerprint density at radius 1 is 1.50 bits per heavy atom. The predicted octanol–water partition coefficient (Wildman–Crippen LogP) is 3.35. The first-order valence-corrected chi connectivity index (χ1v) is 6.67. The lowest BCUT2D eigenvalue weighted by Crippen LogP contribution is -2.32. The van der Waals surface area contributed by atoms with Crippen LogP contribution in [0, 0.1) is 16.7 Å². The lowest BCUT2D eigenvalue weighted by Gasteiger charge is -2.34. The fourth-order valence-electron chi connectivity index (χ4n) is 3.55. The summed E-state index contributed by atoms with van der Waals surface area (Å²) in [6.07, 6.45) is 3.53. The van der Waals surface area contributed by atoms with Crippen molar-refractivity contribution in [3.63, 3.8) is 0 Å². The molecule has 2 rings (SSSR count). The molecule has 0 aromatic rings. The molecule has 0 aromatic heterocycles. The van der Waals surface area contributed by atoms with Gasteiger partial charge in [0, 0.05) is 11.1 Å². The second kappa shape index (κ2) is 4.22. The number of carbonyl (C=O) groups is 1. The molecule has 2 bridgehead atoms. The van der Waals surface area contributed by atoms with E-state index >= 15 is 0 Å². The molecule has 2 fully saturated rings. The Hall–Kier alpha value is -1.12. The van der Waals surface area contributed by atoms with Gasteiger partial charge in [0.1, 0.15) is 6.54 Å².